The number of hydrogen-bond acceptors (Lipinski definition) is 11. The van der Waals surface area contributed by atoms with E-state index in [1.807, 2.05) is 0 Å². The molecule has 5 heterocycles. The van der Waals surface area contributed by atoms with Crippen LogP contribution in [0.25, 0.3) is 11.3 Å². The number of likely N-dealkylation sites (tertiary alicyclic amines) is 1. The van der Waals surface area contributed by atoms with Gasteiger partial charge in [-0.25, -0.2) is 23.5 Å². The zero-order chi connectivity index (χ0) is 40.2. The van der Waals surface area contributed by atoms with Gasteiger partial charge < -0.3 is 30.5 Å². The van der Waals surface area contributed by atoms with Crippen LogP contribution in [-0.4, -0.2) is 102 Å². The number of imide groups is 1. The Balaban J connectivity index is 0.754. The molecule has 0 bridgehead atoms. The molecule has 5 aliphatic rings. The lowest BCUT2D eigenvalue weighted by atomic mass is 9.89. The van der Waals surface area contributed by atoms with Crippen LogP contribution in [0.4, 0.5) is 36.6 Å². The summed E-state index contributed by atoms with van der Waals surface area (Å²) in [6.07, 6.45) is 8.84. The minimum absolute atomic E-state index is 0.0151. The maximum atomic E-state index is 15.2. The molecule has 0 unspecified atom stereocenters. The summed E-state index contributed by atoms with van der Waals surface area (Å²) in [7, 11) is 0. The van der Waals surface area contributed by atoms with Crippen molar-refractivity contribution >= 4 is 46.8 Å². The van der Waals surface area contributed by atoms with Crippen LogP contribution >= 0.6 is 0 Å². The second kappa shape index (κ2) is 17.6. The largest absolute Gasteiger partial charge is 0.449 e. The molecule has 1 aliphatic carbocycles. The number of ether oxygens (including phenoxy) is 1. The van der Waals surface area contributed by atoms with E-state index in [-0.39, 0.29) is 53.7 Å². The highest BCUT2D eigenvalue weighted by atomic mass is 19.1. The van der Waals surface area contributed by atoms with Crippen LogP contribution in [0.1, 0.15) is 70.6 Å². The van der Waals surface area contributed by atoms with Crippen LogP contribution < -0.4 is 31.1 Å². The second-order valence-electron chi connectivity index (χ2n) is 16.1. The standard InChI is InChI=1S/C42H51F2N9O5/c43-33-24-30(46-35-10-12-37(54)49-40(35)56)9-11-36(33)52-20-15-31(16-21-52)51-18-13-26(14-19-51)39(55)47-28-5-7-29(8-6-28)48-41-45-25-34(44)38(50-41)27-3-1-4-32(23-27)53-17-2-22-58-42(53)57/h1,3-4,9,11,23-26,28-29,31,35,46H,2,5-8,10,12-22H2,(H,47,55)(H,45,48,50)(H,49,54,56)/t28?,29?,35-/m0/s1. The molecule has 4 amide bonds. The van der Waals surface area contributed by atoms with Crippen LogP contribution in [0.2, 0.25) is 0 Å². The first-order valence-corrected chi connectivity index (χ1v) is 20.7. The fourth-order valence-electron chi connectivity index (χ4n) is 9.01. The molecule has 5 fully saturated rings. The molecule has 308 valence electrons. The van der Waals surface area contributed by atoms with Gasteiger partial charge in [-0.3, -0.25) is 24.6 Å². The molecule has 0 spiro atoms. The molecule has 4 N–H and O–H groups in total. The van der Waals surface area contributed by atoms with Gasteiger partial charge in [0.05, 0.1) is 18.5 Å². The Morgan fingerprint density at radius 1 is 0.828 bits per heavy atom. The van der Waals surface area contributed by atoms with Gasteiger partial charge in [-0.2, -0.15) is 0 Å². The van der Waals surface area contributed by atoms with Crippen molar-refractivity contribution in [3.63, 3.8) is 0 Å². The van der Waals surface area contributed by atoms with Crippen molar-refractivity contribution in [3.05, 3.63) is 60.3 Å². The summed E-state index contributed by atoms with van der Waals surface area (Å²) in [4.78, 5) is 64.0. The van der Waals surface area contributed by atoms with E-state index in [1.54, 1.807) is 41.3 Å². The summed E-state index contributed by atoms with van der Waals surface area (Å²) in [5, 5.41) is 12.1. The van der Waals surface area contributed by atoms with Crippen molar-refractivity contribution < 1.29 is 32.7 Å². The molecule has 58 heavy (non-hydrogen) atoms. The highest BCUT2D eigenvalue weighted by Gasteiger charge is 2.33. The fraction of sp³-hybridized carbons (Fsp3) is 0.524. The van der Waals surface area contributed by atoms with E-state index in [4.69, 9.17) is 4.74 Å². The summed E-state index contributed by atoms with van der Waals surface area (Å²) in [6, 6.07) is 12.0. The third-order valence-electron chi connectivity index (χ3n) is 12.3. The summed E-state index contributed by atoms with van der Waals surface area (Å²) in [5.74, 6) is -1.12. The van der Waals surface area contributed by atoms with Gasteiger partial charge in [0.1, 0.15) is 17.6 Å². The molecule has 1 aromatic heterocycles. The minimum Gasteiger partial charge on any atom is -0.449 e. The molecule has 0 radical (unpaired) electrons. The Morgan fingerprint density at radius 2 is 1.60 bits per heavy atom. The van der Waals surface area contributed by atoms with Gasteiger partial charge in [-0.1, -0.05) is 12.1 Å². The topological polar surface area (TPSA) is 161 Å². The van der Waals surface area contributed by atoms with E-state index in [0.29, 0.717) is 54.2 Å². The zero-order valence-corrected chi connectivity index (χ0v) is 32.6. The second-order valence-corrected chi connectivity index (χ2v) is 16.1. The van der Waals surface area contributed by atoms with Crippen LogP contribution in [0.15, 0.2) is 48.7 Å². The van der Waals surface area contributed by atoms with Gasteiger partial charge in [-0.15, -0.1) is 0 Å². The van der Waals surface area contributed by atoms with E-state index in [1.165, 1.54) is 12.3 Å². The maximum Gasteiger partial charge on any atom is 0.414 e. The predicted octanol–water partition coefficient (Wildman–Crippen LogP) is 5.21. The zero-order valence-electron chi connectivity index (χ0n) is 32.6. The number of anilines is 4. The smallest absolute Gasteiger partial charge is 0.414 e. The number of halogens is 2. The number of cyclic esters (lactones) is 1. The van der Waals surface area contributed by atoms with Crippen molar-refractivity contribution in [1.29, 1.82) is 0 Å². The van der Waals surface area contributed by atoms with E-state index < -0.39 is 18.0 Å². The third kappa shape index (κ3) is 9.16. The molecule has 14 nitrogen and oxygen atoms in total. The van der Waals surface area contributed by atoms with Crippen molar-refractivity contribution in [2.45, 2.75) is 94.8 Å². The Morgan fingerprint density at radius 3 is 2.34 bits per heavy atom. The quantitative estimate of drug-likeness (QED) is 0.200. The lowest BCUT2D eigenvalue weighted by Gasteiger charge is -2.42. The van der Waals surface area contributed by atoms with E-state index in [9.17, 15) is 23.6 Å². The molecule has 16 heteroatoms. The number of nitrogens with one attached hydrogen (secondary N) is 4. The first kappa shape index (κ1) is 39.4. The summed E-state index contributed by atoms with van der Waals surface area (Å²) in [5.41, 5.74) is 2.38. The monoisotopic (exact) mass is 799 g/mol. The predicted molar refractivity (Wildman–Crippen MR) is 214 cm³/mol. The Labute approximate surface area is 336 Å². The number of nitrogens with zero attached hydrogens (tertiary/aromatic N) is 5. The number of hydrogen-bond donors (Lipinski definition) is 4. The molecule has 4 saturated heterocycles. The van der Waals surface area contributed by atoms with Gasteiger partial charge in [0, 0.05) is 67.0 Å². The van der Waals surface area contributed by atoms with Crippen molar-refractivity contribution in [2.75, 3.05) is 59.8 Å². The van der Waals surface area contributed by atoms with Crippen molar-refractivity contribution in [2.24, 2.45) is 5.92 Å². The molecular weight excluding hydrogens is 749 g/mol. The van der Waals surface area contributed by atoms with Crippen LogP contribution in [0.3, 0.4) is 0 Å². The average Bonchev–Trinajstić information content (AvgIpc) is 3.24. The normalized spacial score (nSPS) is 23.9. The average molecular weight is 800 g/mol. The summed E-state index contributed by atoms with van der Waals surface area (Å²) < 4.78 is 35.4. The molecular formula is C42H51F2N9O5. The Kier molecular flexibility index (Phi) is 12.0. The van der Waals surface area contributed by atoms with E-state index >= 15 is 4.39 Å². The summed E-state index contributed by atoms with van der Waals surface area (Å²) >= 11 is 0. The van der Waals surface area contributed by atoms with Crippen LogP contribution in [-0.2, 0) is 19.1 Å². The number of rotatable bonds is 10. The molecule has 2 aromatic carbocycles. The SMILES string of the molecule is O=C1CC[C@H](Nc2ccc(N3CCC(N4CCC(C(=O)NC5CCC(Nc6ncc(F)c(-c7cccc(N8CCCOC8=O)c7)n6)CC5)CC4)CC3)c(F)c2)C(=O)N1. The molecule has 3 aromatic rings. The molecule has 1 atom stereocenters. The van der Waals surface area contributed by atoms with Crippen molar-refractivity contribution in [3.8, 4) is 11.3 Å². The van der Waals surface area contributed by atoms with Gasteiger partial charge in [0.25, 0.3) is 0 Å². The number of benzene rings is 2. The van der Waals surface area contributed by atoms with Gasteiger partial charge in [0.15, 0.2) is 5.82 Å². The van der Waals surface area contributed by atoms with Crippen molar-refractivity contribution in [1.82, 2.24) is 25.5 Å². The molecule has 1 saturated carbocycles. The highest BCUT2D eigenvalue weighted by molar-refractivity contribution is 6.01. The highest BCUT2D eigenvalue weighted by Crippen LogP contribution is 2.32. The van der Waals surface area contributed by atoms with E-state index in [0.717, 1.165) is 84.0 Å². The van der Waals surface area contributed by atoms with E-state index in [2.05, 4.69) is 41.0 Å². The Bertz CT molecular complexity index is 2000. The first-order chi connectivity index (χ1) is 28.2. The van der Waals surface area contributed by atoms with Gasteiger partial charge in [-0.05, 0) is 108 Å². The Hall–Kier alpha value is -5.38. The molecule has 8 rings (SSSR count). The first-order valence-electron chi connectivity index (χ1n) is 20.7. The van der Waals surface area contributed by atoms with Crippen LogP contribution in [0.5, 0.6) is 0 Å². The van der Waals surface area contributed by atoms with Gasteiger partial charge in [0.2, 0.25) is 23.7 Å². The lowest BCUT2D eigenvalue weighted by molar-refractivity contribution is -0.133. The maximum absolute atomic E-state index is 15.2. The van der Waals surface area contributed by atoms with Crippen LogP contribution in [0, 0.1) is 17.6 Å². The number of aromatic nitrogens is 2. The minimum atomic E-state index is -0.563. The summed E-state index contributed by atoms with van der Waals surface area (Å²) in [6.45, 7) is 4.13. The third-order valence-corrected chi connectivity index (χ3v) is 12.3. The molecule has 4 aliphatic heterocycles. The fourth-order valence-corrected chi connectivity index (χ4v) is 9.01. The number of carbonyl (C=O) groups excluding carboxylic acids is 4. The number of piperidine rings is 3. The number of amides is 4. The number of carbonyl (C=O) groups is 4. The lowest BCUT2D eigenvalue weighted by Crippen LogP contribution is -2.50. The van der Waals surface area contributed by atoms with Gasteiger partial charge >= 0.3 is 6.09 Å².